The van der Waals surface area contributed by atoms with Gasteiger partial charge in [-0.15, -0.1) is 0 Å². The van der Waals surface area contributed by atoms with Gasteiger partial charge in [-0.1, -0.05) is 23.2 Å². The number of nitrogens with zero attached hydrogens (tertiary/aromatic N) is 3. The van der Waals surface area contributed by atoms with Crippen molar-refractivity contribution in [3.63, 3.8) is 0 Å². The van der Waals surface area contributed by atoms with Crippen molar-refractivity contribution in [2.24, 2.45) is 7.05 Å². The van der Waals surface area contributed by atoms with Crippen LogP contribution in [0.3, 0.4) is 0 Å². The Bertz CT molecular complexity index is 582. The van der Waals surface area contributed by atoms with E-state index in [2.05, 4.69) is 15.4 Å². The van der Waals surface area contributed by atoms with E-state index in [4.69, 9.17) is 23.2 Å². The zero-order valence-corrected chi connectivity index (χ0v) is 11.0. The number of amides is 1. The maximum Gasteiger partial charge on any atom is 0.254 e. The van der Waals surface area contributed by atoms with Crippen molar-refractivity contribution in [1.29, 1.82) is 0 Å². The van der Waals surface area contributed by atoms with Crippen LogP contribution >= 0.6 is 23.2 Å². The summed E-state index contributed by atoms with van der Waals surface area (Å²) in [5, 5.41) is 7.08. The highest BCUT2D eigenvalue weighted by Gasteiger charge is 2.11. The number of aromatic nitrogens is 3. The largest absolute Gasteiger partial charge is 0.348 e. The molecule has 5 nitrogen and oxygen atoms in total. The van der Waals surface area contributed by atoms with Crippen molar-refractivity contribution < 1.29 is 4.79 Å². The third-order valence-corrected chi connectivity index (χ3v) is 2.77. The van der Waals surface area contributed by atoms with Gasteiger partial charge in [0.2, 0.25) is 0 Å². The summed E-state index contributed by atoms with van der Waals surface area (Å²) in [6.07, 6.45) is 3.50. The number of hydrogen-bond acceptors (Lipinski definition) is 3. The summed E-state index contributed by atoms with van der Waals surface area (Å²) in [5.41, 5.74) is 1.20. The monoisotopic (exact) mass is 284 g/mol. The zero-order chi connectivity index (χ0) is 13.1. The van der Waals surface area contributed by atoms with Crippen LogP contribution in [0, 0.1) is 0 Å². The highest BCUT2D eigenvalue weighted by atomic mass is 35.5. The number of rotatable bonds is 3. The van der Waals surface area contributed by atoms with Gasteiger partial charge in [-0.3, -0.25) is 9.48 Å². The van der Waals surface area contributed by atoms with Gasteiger partial charge in [0, 0.05) is 25.4 Å². The smallest absolute Gasteiger partial charge is 0.254 e. The summed E-state index contributed by atoms with van der Waals surface area (Å²) in [6.45, 7) is 0.381. The molecule has 7 heteroatoms. The molecule has 0 aliphatic carbocycles. The molecule has 0 saturated heterocycles. The Kier molecular flexibility index (Phi) is 3.84. The summed E-state index contributed by atoms with van der Waals surface area (Å²) < 4.78 is 1.66. The molecule has 2 aromatic rings. The lowest BCUT2D eigenvalue weighted by molar-refractivity contribution is 0.0950. The lowest BCUT2D eigenvalue weighted by Crippen LogP contribution is -2.23. The molecule has 0 fully saturated rings. The van der Waals surface area contributed by atoms with Crippen LogP contribution in [-0.2, 0) is 13.6 Å². The maximum absolute atomic E-state index is 11.9. The van der Waals surface area contributed by atoms with Crippen molar-refractivity contribution in [3.8, 4) is 0 Å². The van der Waals surface area contributed by atoms with Crippen LogP contribution in [0.5, 0.6) is 0 Å². The van der Waals surface area contributed by atoms with Gasteiger partial charge in [0.05, 0.1) is 11.8 Å². The Hall–Kier alpha value is -1.59. The molecule has 1 N–H and O–H groups in total. The van der Waals surface area contributed by atoms with Gasteiger partial charge >= 0.3 is 0 Å². The van der Waals surface area contributed by atoms with E-state index in [1.54, 1.807) is 10.9 Å². The topological polar surface area (TPSA) is 59.8 Å². The summed E-state index contributed by atoms with van der Waals surface area (Å²) >= 11 is 11.5. The fourth-order valence-corrected chi connectivity index (χ4v) is 1.85. The van der Waals surface area contributed by atoms with Gasteiger partial charge in [-0.25, -0.2) is 4.98 Å². The van der Waals surface area contributed by atoms with Crippen molar-refractivity contribution in [1.82, 2.24) is 20.1 Å². The standard InChI is InChI=1S/C11H10Cl2N4O/c1-17-6-7(5-15-17)4-14-11(18)8-2-3-9(12)16-10(8)13/h2-3,5-6H,4H2,1H3,(H,14,18). The molecule has 0 unspecified atom stereocenters. The van der Waals surface area contributed by atoms with E-state index < -0.39 is 0 Å². The summed E-state index contributed by atoms with van der Waals surface area (Å²) in [4.78, 5) is 15.7. The average Bonchev–Trinajstić information content (AvgIpc) is 2.72. The van der Waals surface area contributed by atoms with Gasteiger partial charge in [-0.05, 0) is 12.1 Å². The molecule has 18 heavy (non-hydrogen) atoms. The predicted octanol–water partition coefficient (Wildman–Crippen LogP) is 2.05. The molecule has 2 rings (SSSR count). The number of halogens is 2. The lowest BCUT2D eigenvalue weighted by Gasteiger charge is -2.05. The molecule has 2 heterocycles. The van der Waals surface area contributed by atoms with Crippen LogP contribution in [0.4, 0.5) is 0 Å². The molecule has 0 atom stereocenters. The normalized spacial score (nSPS) is 10.4. The second-order valence-electron chi connectivity index (χ2n) is 3.68. The van der Waals surface area contributed by atoms with Gasteiger partial charge in [0.15, 0.2) is 0 Å². The molecule has 0 aromatic carbocycles. The fraction of sp³-hybridized carbons (Fsp3) is 0.182. The number of aryl methyl sites for hydroxylation is 1. The molecular formula is C11H10Cl2N4O. The quantitative estimate of drug-likeness (QED) is 0.878. The number of pyridine rings is 1. The second kappa shape index (κ2) is 5.37. The molecule has 0 radical (unpaired) electrons. The number of carbonyl (C=O) groups excluding carboxylic acids is 1. The second-order valence-corrected chi connectivity index (χ2v) is 4.42. The van der Waals surface area contributed by atoms with E-state index in [0.717, 1.165) is 5.56 Å². The van der Waals surface area contributed by atoms with Crippen LogP contribution in [0.2, 0.25) is 10.3 Å². The molecule has 94 valence electrons. The van der Waals surface area contributed by atoms with Crippen LogP contribution in [0.25, 0.3) is 0 Å². The first-order valence-electron chi connectivity index (χ1n) is 5.14. The Morgan fingerprint density at radius 1 is 1.44 bits per heavy atom. The Morgan fingerprint density at radius 3 is 2.83 bits per heavy atom. The molecule has 0 spiro atoms. The van der Waals surface area contributed by atoms with E-state index in [-0.39, 0.29) is 16.2 Å². The summed E-state index contributed by atoms with van der Waals surface area (Å²) in [7, 11) is 1.81. The van der Waals surface area contributed by atoms with Crippen molar-refractivity contribution >= 4 is 29.1 Å². The Balaban J connectivity index is 2.03. The Labute approximate surface area is 114 Å². The number of nitrogens with one attached hydrogen (secondary N) is 1. The molecule has 1 amide bonds. The van der Waals surface area contributed by atoms with E-state index in [1.807, 2.05) is 13.2 Å². The molecule has 0 bridgehead atoms. The Morgan fingerprint density at radius 2 is 2.22 bits per heavy atom. The molecular weight excluding hydrogens is 275 g/mol. The maximum atomic E-state index is 11.9. The first kappa shape index (κ1) is 12.9. The summed E-state index contributed by atoms with van der Waals surface area (Å²) in [5.74, 6) is -0.298. The predicted molar refractivity (Wildman–Crippen MR) is 68.6 cm³/mol. The van der Waals surface area contributed by atoms with Crippen LogP contribution < -0.4 is 5.32 Å². The SMILES string of the molecule is Cn1cc(CNC(=O)c2ccc(Cl)nc2Cl)cn1. The molecule has 0 saturated carbocycles. The molecule has 2 aromatic heterocycles. The minimum absolute atomic E-state index is 0.0891. The number of hydrogen-bond donors (Lipinski definition) is 1. The zero-order valence-electron chi connectivity index (χ0n) is 9.52. The van der Waals surface area contributed by atoms with E-state index in [9.17, 15) is 4.79 Å². The van der Waals surface area contributed by atoms with Gasteiger partial charge < -0.3 is 5.32 Å². The highest BCUT2D eigenvalue weighted by molar-refractivity contribution is 6.34. The van der Waals surface area contributed by atoms with E-state index >= 15 is 0 Å². The summed E-state index contributed by atoms with van der Waals surface area (Å²) in [6, 6.07) is 3.06. The van der Waals surface area contributed by atoms with Crippen LogP contribution in [0.1, 0.15) is 15.9 Å². The number of carbonyl (C=O) groups is 1. The molecule has 0 aliphatic rings. The van der Waals surface area contributed by atoms with Crippen LogP contribution in [-0.4, -0.2) is 20.7 Å². The van der Waals surface area contributed by atoms with Gasteiger partial charge in [0.25, 0.3) is 5.91 Å². The van der Waals surface area contributed by atoms with E-state index in [0.29, 0.717) is 12.1 Å². The fourth-order valence-electron chi connectivity index (χ4n) is 1.42. The van der Waals surface area contributed by atoms with Crippen molar-refractivity contribution in [3.05, 3.63) is 46.0 Å². The first-order chi connectivity index (χ1) is 8.56. The van der Waals surface area contributed by atoms with Gasteiger partial charge in [0.1, 0.15) is 10.3 Å². The minimum Gasteiger partial charge on any atom is -0.348 e. The minimum atomic E-state index is -0.298. The lowest BCUT2D eigenvalue weighted by atomic mass is 10.2. The first-order valence-corrected chi connectivity index (χ1v) is 5.89. The third-order valence-electron chi connectivity index (χ3n) is 2.27. The van der Waals surface area contributed by atoms with Crippen molar-refractivity contribution in [2.75, 3.05) is 0 Å². The third kappa shape index (κ3) is 3.00. The highest BCUT2D eigenvalue weighted by Crippen LogP contribution is 2.16. The van der Waals surface area contributed by atoms with E-state index in [1.165, 1.54) is 12.1 Å². The molecule has 0 aliphatic heterocycles. The van der Waals surface area contributed by atoms with Crippen molar-refractivity contribution in [2.45, 2.75) is 6.54 Å². The van der Waals surface area contributed by atoms with Gasteiger partial charge in [-0.2, -0.15) is 5.10 Å². The average molecular weight is 285 g/mol. The van der Waals surface area contributed by atoms with Crippen LogP contribution in [0.15, 0.2) is 24.5 Å².